The number of benzene rings is 8. The van der Waals surface area contributed by atoms with Crippen molar-refractivity contribution < 1.29 is 57.1 Å². The van der Waals surface area contributed by atoms with Gasteiger partial charge in [-0.2, -0.15) is 0 Å². The first-order valence-corrected chi connectivity index (χ1v) is 28.1. The minimum Gasteiger partial charge on any atom is -0.497 e. The molecule has 1 aliphatic rings. The molecule has 0 heterocycles. The Morgan fingerprint density at radius 1 is 0.317 bits per heavy atom. The first-order valence-electron chi connectivity index (χ1n) is 28.1. The number of hydrogen-bond donors (Lipinski definition) is 0. The molecule has 0 saturated heterocycles. The fraction of sp³-hybridized carbons (Fsp3) is 0.257. The van der Waals surface area contributed by atoms with Crippen LogP contribution in [-0.2, 0) is 19.1 Å². The third kappa shape index (κ3) is 15.6. The first-order chi connectivity index (χ1) is 40.2. The maximum Gasteiger partial charge on any atom is 0.343 e. The lowest BCUT2D eigenvalue weighted by molar-refractivity contribution is -0.172. The molecule has 0 aromatic heterocycles. The maximum absolute atomic E-state index is 14.1. The number of carbonyl (C=O) groups excluding carboxylic acids is 4. The molecule has 82 heavy (non-hydrogen) atoms. The summed E-state index contributed by atoms with van der Waals surface area (Å²) in [7, 11) is 3.17. The number of methoxy groups -OCH3 is 2. The third-order valence-electron chi connectivity index (χ3n) is 14.7. The van der Waals surface area contributed by atoms with Crippen LogP contribution >= 0.6 is 0 Å². The van der Waals surface area contributed by atoms with Crippen molar-refractivity contribution in [2.45, 2.75) is 63.2 Å². The Hall–Kier alpha value is -9.16. The number of hydrogen-bond acceptors (Lipinski definition) is 12. The van der Waals surface area contributed by atoms with E-state index in [1.807, 2.05) is 133 Å². The van der Waals surface area contributed by atoms with Crippen molar-refractivity contribution in [3.63, 3.8) is 0 Å². The molecule has 12 nitrogen and oxygen atoms in total. The van der Waals surface area contributed by atoms with E-state index in [1.54, 1.807) is 87.0 Å². The maximum atomic E-state index is 14.1. The van der Waals surface area contributed by atoms with Crippen molar-refractivity contribution in [3.05, 3.63) is 229 Å². The van der Waals surface area contributed by atoms with Crippen molar-refractivity contribution in [1.29, 1.82) is 0 Å². The van der Waals surface area contributed by atoms with E-state index in [0.717, 1.165) is 83.4 Å². The summed E-state index contributed by atoms with van der Waals surface area (Å²) in [4.78, 5) is 53.5. The zero-order valence-electron chi connectivity index (χ0n) is 46.3. The van der Waals surface area contributed by atoms with Gasteiger partial charge < -0.3 is 37.9 Å². The molecule has 4 atom stereocenters. The summed E-state index contributed by atoms with van der Waals surface area (Å²) in [5.41, 5.74) is 6.80. The Bertz CT molecular complexity index is 3050. The van der Waals surface area contributed by atoms with Crippen molar-refractivity contribution in [2.24, 2.45) is 11.8 Å². The lowest BCUT2D eigenvalue weighted by Crippen LogP contribution is -2.52. The van der Waals surface area contributed by atoms with Gasteiger partial charge in [-0.3, -0.25) is 9.59 Å². The average molecular weight is 1100 g/mol. The van der Waals surface area contributed by atoms with Crippen molar-refractivity contribution in [1.82, 2.24) is 0 Å². The highest BCUT2D eigenvalue weighted by Crippen LogP contribution is 2.58. The lowest BCUT2D eigenvalue weighted by Gasteiger charge is -2.49. The van der Waals surface area contributed by atoms with E-state index in [-0.39, 0.29) is 37.0 Å². The topological polar surface area (TPSA) is 142 Å². The molecule has 0 radical (unpaired) electrons. The predicted octanol–water partition coefficient (Wildman–Crippen LogP) is 15.0. The molecule has 0 unspecified atom stereocenters. The van der Waals surface area contributed by atoms with Gasteiger partial charge in [0, 0.05) is 11.8 Å². The number of rotatable bonds is 28. The van der Waals surface area contributed by atoms with Gasteiger partial charge in [0.15, 0.2) is 0 Å². The minimum atomic E-state index is -0.678. The Kier molecular flexibility index (Phi) is 20.6. The quantitative estimate of drug-likeness (QED) is 0.0262. The molecule has 0 aliphatic heterocycles. The zero-order valence-corrected chi connectivity index (χ0v) is 46.3. The third-order valence-corrected chi connectivity index (χ3v) is 14.7. The second kappa shape index (κ2) is 29.3. The van der Waals surface area contributed by atoms with Crippen LogP contribution in [0.1, 0.15) is 95.0 Å². The van der Waals surface area contributed by atoms with Crippen LogP contribution in [0.2, 0.25) is 0 Å². The number of unbranched alkanes of at least 4 members (excludes halogenated alkanes) is 6. The van der Waals surface area contributed by atoms with Crippen LogP contribution in [-0.4, -0.2) is 64.5 Å². The van der Waals surface area contributed by atoms with Gasteiger partial charge in [0.1, 0.15) is 34.5 Å². The molecule has 0 N–H and O–H groups in total. The Morgan fingerprint density at radius 2 is 0.610 bits per heavy atom. The number of carbonyl (C=O) groups is 4. The molecule has 1 fully saturated rings. The van der Waals surface area contributed by atoms with Gasteiger partial charge in [-0.1, -0.05) is 109 Å². The molecule has 420 valence electrons. The largest absolute Gasteiger partial charge is 0.497 e. The average Bonchev–Trinajstić information content (AvgIpc) is 3.63. The van der Waals surface area contributed by atoms with Gasteiger partial charge in [0.25, 0.3) is 0 Å². The molecule has 0 bridgehead atoms. The van der Waals surface area contributed by atoms with Gasteiger partial charge in [0.2, 0.25) is 0 Å². The Balaban J connectivity index is 0.677. The fourth-order valence-corrected chi connectivity index (χ4v) is 10.3. The standard InChI is InChI=1S/C70H68O12/c1-75-57-37-41-61(42-38-57)81-67(71)55-25-21-49(22-26-55)51-29-33-59(34-30-51)77-45-13-3-5-15-47-79-69(73)65-63(53-17-9-7-10-18-53)64(54-19-11-8-12-20-54)66(65)70(74)80-48-16-6-4-14-46-78-60-35-31-52(32-36-60)50-23-27-56(28-24-50)68(72)82-62-43-39-58(76-2)40-44-62/h7-12,17-44,63-66H,3-6,13-16,45-48H2,1-2H3/t63-,64-,65+,66+/m0/s1. The zero-order chi connectivity index (χ0) is 56.9. The number of esters is 4. The summed E-state index contributed by atoms with van der Waals surface area (Å²) in [6, 6.07) is 63.9. The Labute approximate surface area is 479 Å². The van der Waals surface area contributed by atoms with Crippen LogP contribution in [0, 0.1) is 11.8 Å². The Morgan fingerprint density at radius 3 is 0.939 bits per heavy atom. The van der Waals surface area contributed by atoms with Crippen LogP contribution in [0.25, 0.3) is 22.3 Å². The SMILES string of the molecule is COc1ccc(OC(=O)c2ccc(-c3ccc(OCCCCCCOC(=O)[C@H]4[C@H](C(=O)OCCCCCCOc5ccc(-c6ccc(C(=O)Oc7ccc(OC)cc7)cc6)cc5)[C@@H](c5ccccc5)[C@@H]4c4ccccc4)cc3)cc2)cc1. The van der Waals surface area contributed by atoms with Gasteiger partial charge in [0.05, 0.1) is 63.6 Å². The number of ether oxygens (including phenoxy) is 8. The van der Waals surface area contributed by atoms with Crippen molar-refractivity contribution >= 4 is 23.9 Å². The molecular formula is C70H68O12. The van der Waals surface area contributed by atoms with Gasteiger partial charge in [-0.15, -0.1) is 0 Å². The van der Waals surface area contributed by atoms with E-state index >= 15 is 0 Å². The van der Waals surface area contributed by atoms with Gasteiger partial charge >= 0.3 is 23.9 Å². The molecule has 1 aliphatic carbocycles. The molecule has 9 rings (SSSR count). The summed E-state index contributed by atoms with van der Waals surface area (Å²) in [5.74, 6) is 0.340. The smallest absolute Gasteiger partial charge is 0.343 e. The lowest BCUT2D eigenvalue weighted by atomic mass is 9.52. The summed E-state index contributed by atoms with van der Waals surface area (Å²) in [5, 5.41) is 0. The van der Waals surface area contributed by atoms with Gasteiger partial charge in [-0.05, 0) is 182 Å². The van der Waals surface area contributed by atoms with Crippen molar-refractivity contribution in [2.75, 3.05) is 40.6 Å². The van der Waals surface area contributed by atoms with E-state index in [0.29, 0.717) is 60.2 Å². The minimum absolute atomic E-state index is 0.241. The van der Waals surface area contributed by atoms with E-state index in [9.17, 15) is 19.2 Å². The molecule has 0 spiro atoms. The summed E-state index contributed by atoms with van der Waals surface area (Å²) < 4.78 is 45.4. The van der Waals surface area contributed by atoms with Crippen LogP contribution in [0.15, 0.2) is 206 Å². The molecular weight excluding hydrogens is 1030 g/mol. The van der Waals surface area contributed by atoms with E-state index in [4.69, 9.17) is 37.9 Å². The monoisotopic (exact) mass is 1100 g/mol. The first kappa shape index (κ1) is 57.5. The fourth-order valence-electron chi connectivity index (χ4n) is 10.3. The summed E-state index contributed by atoms with van der Waals surface area (Å²) in [6.07, 6.45) is 6.59. The molecule has 8 aromatic rings. The van der Waals surface area contributed by atoms with Crippen LogP contribution in [0.3, 0.4) is 0 Å². The van der Waals surface area contributed by atoms with Crippen molar-refractivity contribution in [3.8, 4) is 56.8 Å². The van der Waals surface area contributed by atoms with Crippen LogP contribution < -0.4 is 28.4 Å². The highest BCUT2D eigenvalue weighted by atomic mass is 16.6. The normalized spacial score (nSPS) is 15.2. The highest BCUT2D eigenvalue weighted by molar-refractivity contribution is 5.92. The van der Waals surface area contributed by atoms with Crippen LogP contribution in [0.5, 0.6) is 34.5 Å². The molecule has 12 heteroatoms. The summed E-state index contributed by atoms with van der Waals surface area (Å²) >= 11 is 0. The molecule has 1 saturated carbocycles. The van der Waals surface area contributed by atoms with Gasteiger partial charge in [-0.25, -0.2) is 9.59 Å². The summed E-state index contributed by atoms with van der Waals surface area (Å²) in [6.45, 7) is 1.63. The molecule has 8 aromatic carbocycles. The van der Waals surface area contributed by atoms with E-state index in [1.165, 1.54) is 0 Å². The van der Waals surface area contributed by atoms with E-state index < -0.39 is 23.8 Å². The molecule has 0 amide bonds. The highest BCUT2D eigenvalue weighted by Gasteiger charge is 2.59. The van der Waals surface area contributed by atoms with Crippen LogP contribution in [0.4, 0.5) is 0 Å². The second-order valence-corrected chi connectivity index (χ2v) is 20.1. The predicted molar refractivity (Wildman–Crippen MR) is 315 cm³/mol. The second-order valence-electron chi connectivity index (χ2n) is 20.1. The van der Waals surface area contributed by atoms with E-state index in [2.05, 4.69) is 0 Å².